The normalized spacial score (nSPS) is 21.0. The molecule has 1 heterocycles. The van der Waals surface area contributed by atoms with Gasteiger partial charge in [-0.2, -0.15) is 0 Å². The van der Waals surface area contributed by atoms with E-state index in [1.54, 1.807) is 0 Å². The van der Waals surface area contributed by atoms with Crippen molar-refractivity contribution < 1.29 is 9.53 Å². The Morgan fingerprint density at radius 3 is 2.86 bits per heavy atom. The minimum Gasteiger partial charge on any atom is -0.457 e. The number of carbonyl (C=O) groups is 1. The minimum atomic E-state index is -0.0949. The molecule has 0 spiro atoms. The predicted molar refractivity (Wildman–Crippen MR) is 56.9 cm³/mol. The molecule has 1 saturated heterocycles. The molecular formula is C11H11BrO2. The molecule has 2 nitrogen and oxygen atoms in total. The van der Waals surface area contributed by atoms with Crippen LogP contribution in [0.2, 0.25) is 0 Å². The highest BCUT2D eigenvalue weighted by molar-refractivity contribution is 9.10. The molecule has 1 aliphatic heterocycles. The maximum Gasteiger partial charge on any atom is 0.306 e. The second-order valence-electron chi connectivity index (χ2n) is 3.54. The lowest BCUT2D eigenvalue weighted by Crippen LogP contribution is -1.99. The van der Waals surface area contributed by atoms with E-state index in [1.807, 2.05) is 25.1 Å². The maximum absolute atomic E-state index is 11.0. The fourth-order valence-electron chi connectivity index (χ4n) is 1.64. The van der Waals surface area contributed by atoms with Crippen molar-refractivity contribution in [2.75, 3.05) is 0 Å². The molecule has 1 aliphatic rings. The summed E-state index contributed by atoms with van der Waals surface area (Å²) in [5, 5.41) is 0. The highest BCUT2D eigenvalue weighted by Crippen LogP contribution is 2.34. The number of rotatable bonds is 1. The molecule has 14 heavy (non-hydrogen) atoms. The molecule has 0 saturated carbocycles. The average molecular weight is 255 g/mol. The van der Waals surface area contributed by atoms with Gasteiger partial charge in [0, 0.05) is 16.5 Å². The molecule has 0 bridgehead atoms. The Kier molecular flexibility index (Phi) is 2.59. The summed E-state index contributed by atoms with van der Waals surface area (Å²) in [5.41, 5.74) is 2.27. The SMILES string of the molecule is Cc1ccc(C2CCC(=O)O2)c(Br)c1. The zero-order valence-electron chi connectivity index (χ0n) is 7.92. The van der Waals surface area contributed by atoms with Crippen molar-refractivity contribution in [3.8, 4) is 0 Å². The molecule has 0 N–H and O–H groups in total. The maximum atomic E-state index is 11.0. The summed E-state index contributed by atoms with van der Waals surface area (Å²) >= 11 is 3.49. The Balaban J connectivity index is 2.28. The average Bonchev–Trinajstić information content (AvgIpc) is 2.51. The minimum absolute atomic E-state index is 0.0579. The quantitative estimate of drug-likeness (QED) is 0.720. The van der Waals surface area contributed by atoms with E-state index in [2.05, 4.69) is 15.9 Å². The van der Waals surface area contributed by atoms with E-state index >= 15 is 0 Å². The van der Waals surface area contributed by atoms with Gasteiger partial charge >= 0.3 is 5.97 Å². The monoisotopic (exact) mass is 254 g/mol. The number of ether oxygens (including phenoxy) is 1. The van der Waals surface area contributed by atoms with Gasteiger partial charge in [0.15, 0.2) is 0 Å². The predicted octanol–water partition coefficient (Wildman–Crippen LogP) is 3.14. The van der Waals surface area contributed by atoms with Gasteiger partial charge in [-0.1, -0.05) is 28.1 Å². The third-order valence-corrected chi connectivity index (χ3v) is 3.07. The van der Waals surface area contributed by atoms with Crippen LogP contribution in [0.25, 0.3) is 0 Å². The number of benzene rings is 1. The fourth-order valence-corrected chi connectivity index (χ4v) is 2.39. The number of cyclic esters (lactones) is 1. The zero-order chi connectivity index (χ0) is 10.1. The van der Waals surface area contributed by atoms with Gasteiger partial charge in [0.1, 0.15) is 6.10 Å². The summed E-state index contributed by atoms with van der Waals surface area (Å²) in [6.07, 6.45) is 1.27. The number of hydrogen-bond donors (Lipinski definition) is 0. The van der Waals surface area contributed by atoms with Gasteiger partial charge in [-0.05, 0) is 25.0 Å². The lowest BCUT2D eigenvalue weighted by atomic mass is 10.1. The first-order valence-corrected chi connectivity index (χ1v) is 5.41. The smallest absolute Gasteiger partial charge is 0.306 e. The highest BCUT2D eigenvalue weighted by atomic mass is 79.9. The molecule has 0 amide bonds. The Hall–Kier alpha value is -0.830. The summed E-state index contributed by atoms with van der Waals surface area (Å²) in [7, 11) is 0. The molecule has 1 aromatic rings. The Bertz CT molecular complexity index is 374. The topological polar surface area (TPSA) is 26.3 Å². The Morgan fingerprint density at radius 2 is 2.29 bits per heavy atom. The van der Waals surface area contributed by atoms with Crippen LogP contribution in [0.3, 0.4) is 0 Å². The first-order chi connectivity index (χ1) is 6.66. The van der Waals surface area contributed by atoms with Crippen molar-refractivity contribution in [2.45, 2.75) is 25.9 Å². The highest BCUT2D eigenvalue weighted by Gasteiger charge is 2.26. The molecular weight excluding hydrogens is 244 g/mol. The van der Waals surface area contributed by atoms with Crippen molar-refractivity contribution in [3.05, 3.63) is 33.8 Å². The van der Waals surface area contributed by atoms with E-state index in [0.29, 0.717) is 6.42 Å². The number of halogens is 1. The molecule has 1 atom stereocenters. The van der Waals surface area contributed by atoms with E-state index in [9.17, 15) is 4.79 Å². The first-order valence-electron chi connectivity index (χ1n) is 4.62. The molecule has 74 valence electrons. The largest absolute Gasteiger partial charge is 0.457 e. The summed E-state index contributed by atoms with van der Waals surface area (Å²) in [4.78, 5) is 11.0. The fraction of sp³-hybridized carbons (Fsp3) is 0.364. The summed E-state index contributed by atoms with van der Waals surface area (Å²) in [6.45, 7) is 2.04. The van der Waals surface area contributed by atoms with Crippen LogP contribution in [0.4, 0.5) is 0 Å². The number of carbonyl (C=O) groups excluding carboxylic acids is 1. The van der Waals surface area contributed by atoms with Gasteiger partial charge < -0.3 is 4.74 Å². The second-order valence-corrected chi connectivity index (χ2v) is 4.40. The lowest BCUT2D eigenvalue weighted by molar-refractivity contribution is -0.141. The van der Waals surface area contributed by atoms with E-state index in [-0.39, 0.29) is 12.1 Å². The molecule has 1 aromatic carbocycles. The summed E-state index contributed by atoms with van der Waals surface area (Å²) in [5.74, 6) is -0.0949. The van der Waals surface area contributed by atoms with Crippen LogP contribution in [-0.4, -0.2) is 5.97 Å². The van der Waals surface area contributed by atoms with Gasteiger partial charge in [0.2, 0.25) is 0 Å². The van der Waals surface area contributed by atoms with Crippen molar-refractivity contribution in [1.82, 2.24) is 0 Å². The van der Waals surface area contributed by atoms with E-state index in [1.165, 1.54) is 5.56 Å². The Labute approximate surface area is 91.4 Å². The summed E-state index contributed by atoms with van der Waals surface area (Å²) in [6, 6.07) is 6.09. The molecule has 1 unspecified atom stereocenters. The van der Waals surface area contributed by atoms with E-state index in [4.69, 9.17) is 4.74 Å². The first kappa shape index (κ1) is 9.71. The van der Waals surface area contributed by atoms with Crippen LogP contribution in [0.5, 0.6) is 0 Å². The number of esters is 1. The third-order valence-electron chi connectivity index (χ3n) is 2.39. The van der Waals surface area contributed by atoms with Crippen molar-refractivity contribution in [1.29, 1.82) is 0 Å². The van der Waals surface area contributed by atoms with Crippen molar-refractivity contribution >= 4 is 21.9 Å². The van der Waals surface area contributed by atoms with Crippen molar-refractivity contribution in [3.63, 3.8) is 0 Å². The van der Waals surface area contributed by atoms with Gasteiger partial charge in [-0.3, -0.25) is 4.79 Å². The van der Waals surface area contributed by atoms with Crippen LogP contribution in [0.15, 0.2) is 22.7 Å². The Morgan fingerprint density at radius 1 is 1.50 bits per heavy atom. The molecule has 2 rings (SSSR count). The van der Waals surface area contributed by atoms with Gasteiger partial charge in [-0.25, -0.2) is 0 Å². The van der Waals surface area contributed by atoms with Crippen LogP contribution >= 0.6 is 15.9 Å². The standard InChI is InChI=1S/C11H11BrO2/c1-7-2-3-8(9(12)6-7)10-4-5-11(13)14-10/h2-3,6,10H,4-5H2,1H3. The molecule has 0 aliphatic carbocycles. The number of aryl methyl sites for hydroxylation is 1. The van der Waals surface area contributed by atoms with Crippen molar-refractivity contribution in [2.24, 2.45) is 0 Å². The number of hydrogen-bond acceptors (Lipinski definition) is 2. The van der Waals surface area contributed by atoms with Gasteiger partial charge in [-0.15, -0.1) is 0 Å². The zero-order valence-corrected chi connectivity index (χ0v) is 9.50. The van der Waals surface area contributed by atoms with E-state index < -0.39 is 0 Å². The van der Waals surface area contributed by atoms with Crippen LogP contribution in [0.1, 0.15) is 30.1 Å². The summed E-state index contributed by atoms with van der Waals surface area (Å²) < 4.78 is 6.22. The lowest BCUT2D eigenvalue weighted by Gasteiger charge is -2.11. The molecule has 0 radical (unpaired) electrons. The van der Waals surface area contributed by atoms with E-state index in [0.717, 1.165) is 16.5 Å². The van der Waals surface area contributed by atoms with Crippen LogP contribution < -0.4 is 0 Å². The molecule has 3 heteroatoms. The van der Waals surface area contributed by atoms with Gasteiger partial charge in [0.05, 0.1) is 0 Å². The van der Waals surface area contributed by atoms with Crippen LogP contribution in [-0.2, 0) is 9.53 Å². The third kappa shape index (κ3) is 1.82. The molecule has 1 fully saturated rings. The van der Waals surface area contributed by atoms with Gasteiger partial charge in [0.25, 0.3) is 0 Å². The van der Waals surface area contributed by atoms with Crippen LogP contribution in [0, 0.1) is 6.92 Å². The molecule has 0 aromatic heterocycles. The second kappa shape index (κ2) is 3.73.